The first kappa shape index (κ1) is 35.4. The topological polar surface area (TPSA) is 83.1 Å². The highest BCUT2D eigenvalue weighted by molar-refractivity contribution is 5.39. The van der Waals surface area contributed by atoms with E-state index in [1.807, 2.05) is 18.2 Å². The van der Waals surface area contributed by atoms with Gasteiger partial charge in [0.25, 0.3) is 0 Å². The Kier molecular flexibility index (Phi) is 11.1. The summed E-state index contributed by atoms with van der Waals surface area (Å²) in [4.78, 5) is 0. The van der Waals surface area contributed by atoms with Crippen LogP contribution in [-0.4, -0.2) is 79.3 Å². The van der Waals surface area contributed by atoms with Crippen molar-refractivity contribution in [2.45, 2.75) is 58.9 Å². The van der Waals surface area contributed by atoms with E-state index in [0.29, 0.717) is 56.3 Å². The maximum atomic E-state index is 6.53. The van der Waals surface area contributed by atoms with Gasteiger partial charge in [-0.05, 0) is 18.2 Å². The van der Waals surface area contributed by atoms with Crippen molar-refractivity contribution < 1.29 is 42.6 Å². The van der Waals surface area contributed by atoms with Crippen molar-refractivity contribution in [2.75, 3.05) is 79.3 Å². The van der Waals surface area contributed by atoms with E-state index in [4.69, 9.17) is 61.9 Å². The summed E-state index contributed by atoms with van der Waals surface area (Å²) in [7, 11) is 0. The molecule has 0 atom stereocenters. The van der Waals surface area contributed by atoms with Gasteiger partial charge in [0.2, 0.25) is 17.4 Å². The lowest BCUT2D eigenvalue weighted by Crippen LogP contribution is -2.51. The van der Waals surface area contributed by atoms with Gasteiger partial charge < -0.3 is 42.6 Å². The molecule has 9 nitrogen and oxygen atoms in total. The van der Waals surface area contributed by atoms with E-state index in [0.717, 1.165) is 0 Å². The summed E-state index contributed by atoms with van der Waals surface area (Å²) in [5, 5.41) is 0. The molecule has 3 saturated heterocycles. The third kappa shape index (κ3) is 8.47. The zero-order valence-corrected chi connectivity index (χ0v) is 27.6. The van der Waals surface area contributed by atoms with Gasteiger partial charge in [-0.25, -0.2) is 0 Å². The van der Waals surface area contributed by atoms with Crippen LogP contribution in [0.25, 0.3) is 0 Å². The summed E-state index contributed by atoms with van der Waals surface area (Å²) in [5.74, 6) is 3.66. The first-order valence-corrected chi connectivity index (χ1v) is 15.3. The largest absolute Gasteiger partial charge is 0.363 e. The number of ether oxygens (including phenoxy) is 9. The number of hydrogen-bond acceptors (Lipinski definition) is 9. The van der Waals surface area contributed by atoms with Gasteiger partial charge in [-0.2, -0.15) is 0 Å². The molecule has 0 aliphatic carbocycles. The van der Waals surface area contributed by atoms with Gasteiger partial charge in [-0.1, -0.05) is 59.3 Å². The molecule has 3 aliphatic heterocycles. The number of rotatable bonds is 12. The van der Waals surface area contributed by atoms with Gasteiger partial charge >= 0.3 is 0 Å². The monoisotopic (exact) mass is 624 g/mol. The number of hydrogen-bond donors (Lipinski definition) is 0. The maximum Gasteiger partial charge on any atom is 0.219 e. The number of benzene rings is 1. The average molecular weight is 625 g/mol. The van der Waals surface area contributed by atoms with Gasteiger partial charge in [0.15, 0.2) is 0 Å². The maximum absolute atomic E-state index is 6.53. The van der Waals surface area contributed by atoms with Crippen LogP contribution in [0.2, 0.25) is 0 Å². The summed E-state index contributed by atoms with van der Waals surface area (Å²) >= 11 is 0. The van der Waals surface area contributed by atoms with Crippen molar-refractivity contribution in [3.05, 3.63) is 34.9 Å². The predicted octanol–water partition coefficient (Wildman–Crippen LogP) is 4.31. The van der Waals surface area contributed by atoms with Crippen molar-refractivity contribution >= 4 is 0 Å². The smallest absolute Gasteiger partial charge is 0.219 e. The van der Waals surface area contributed by atoms with Crippen molar-refractivity contribution in [1.82, 2.24) is 0 Å². The van der Waals surface area contributed by atoms with Crippen LogP contribution in [0.3, 0.4) is 0 Å². The molecule has 0 amide bonds. The molecule has 1 aromatic rings. The normalized spacial score (nSPS) is 24.1. The average Bonchev–Trinajstić information content (AvgIpc) is 3.00. The summed E-state index contributed by atoms with van der Waals surface area (Å²) in [6.07, 6.45) is 16.6. The fraction of sp³-hybridized carbons (Fsp3) is 0.667. The van der Waals surface area contributed by atoms with E-state index in [1.165, 1.54) is 0 Å². The van der Waals surface area contributed by atoms with Crippen LogP contribution >= 0.6 is 0 Å². The summed E-state index contributed by atoms with van der Waals surface area (Å²) in [6.45, 7) is 15.3. The first-order valence-electron chi connectivity index (χ1n) is 15.3. The highest BCUT2D eigenvalue weighted by atomic mass is 16.7. The van der Waals surface area contributed by atoms with E-state index in [1.54, 1.807) is 0 Å². The van der Waals surface area contributed by atoms with E-state index in [9.17, 15) is 0 Å². The minimum atomic E-state index is -1.30. The van der Waals surface area contributed by atoms with Crippen molar-refractivity contribution in [1.29, 1.82) is 0 Å². The lowest BCUT2D eigenvalue weighted by atomic mass is 9.88. The third-order valence-electron chi connectivity index (χ3n) is 7.86. The van der Waals surface area contributed by atoms with Crippen molar-refractivity contribution in [3.63, 3.8) is 0 Å². The molecule has 0 radical (unpaired) electrons. The zero-order chi connectivity index (χ0) is 32.8. The van der Waals surface area contributed by atoms with Gasteiger partial charge in [-0.3, -0.25) is 0 Å². The van der Waals surface area contributed by atoms with Gasteiger partial charge in [0.05, 0.1) is 39.6 Å². The first-order chi connectivity index (χ1) is 21.2. The Morgan fingerprint density at radius 2 is 0.711 bits per heavy atom. The SMILES string of the molecule is C#CCOCC1(c2cc(C3(COCC#C)OCC(C)(C)CO3)cc(C3(COCC#C)OCC(C)(C)CO3)c2)OCC(C)(C)CO1. The number of terminal acetylenes is 3. The van der Waals surface area contributed by atoms with Crippen LogP contribution < -0.4 is 0 Å². The molecule has 246 valence electrons. The standard InChI is InChI=1S/C36H48O9/c1-10-13-37-25-34(40-19-31(4,5)20-41-34)28-16-29(35(26-38-14-11-2)42-21-32(6,7)22-43-35)18-30(17-28)36(27-39-15-12-3)44-23-33(8,9)24-45-36/h1-3,16-18H,13-15,19-27H2,4-9H3. The fourth-order valence-electron chi connectivity index (χ4n) is 5.14. The van der Waals surface area contributed by atoms with Crippen LogP contribution in [0.15, 0.2) is 18.2 Å². The molecule has 3 heterocycles. The molecule has 0 N–H and O–H groups in total. The molecule has 3 aliphatic rings. The molecule has 0 bridgehead atoms. The van der Waals surface area contributed by atoms with Gasteiger partial charge in [-0.15, -0.1) is 19.3 Å². The lowest BCUT2D eigenvalue weighted by molar-refractivity contribution is -0.330. The van der Waals surface area contributed by atoms with E-state index in [-0.39, 0.29) is 55.9 Å². The zero-order valence-electron chi connectivity index (χ0n) is 27.6. The molecule has 0 spiro atoms. The molecule has 45 heavy (non-hydrogen) atoms. The Bertz CT molecular complexity index is 1090. The Hall–Kier alpha value is -2.46. The van der Waals surface area contributed by atoms with E-state index >= 15 is 0 Å². The fourth-order valence-corrected chi connectivity index (χ4v) is 5.14. The molecule has 0 aromatic heterocycles. The molecule has 4 rings (SSSR count). The lowest BCUT2D eigenvalue weighted by Gasteiger charge is -2.47. The molecule has 1 aromatic carbocycles. The highest BCUT2D eigenvalue weighted by Gasteiger charge is 2.49. The molecule has 9 heteroatoms. The Labute approximate surface area is 268 Å². The summed E-state index contributed by atoms with van der Waals surface area (Å²) in [6, 6.07) is 5.80. The highest BCUT2D eigenvalue weighted by Crippen LogP contribution is 2.45. The Balaban J connectivity index is 1.91. The van der Waals surface area contributed by atoms with Gasteiger partial charge in [0.1, 0.15) is 39.6 Å². The quantitative estimate of drug-likeness (QED) is 0.250. The molecular weight excluding hydrogens is 576 g/mol. The van der Waals surface area contributed by atoms with Crippen LogP contribution in [0, 0.1) is 53.3 Å². The van der Waals surface area contributed by atoms with Crippen LogP contribution in [0.1, 0.15) is 58.2 Å². The van der Waals surface area contributed by atoms with E-state index in [2.05, 4.69) is 59.3 Å². The van der Waals surface area contributed by atoms with Crippen LogP contribution in [0.5, 0.6) is 0 Å². The predicted molar refractivity (Wildman–Crippen MR) is 167 cm³/mol. The Morgan fingerprint density at radius 3 is 0.911 bits per heavy atom. The van der Waals surface area contributed by atoms with Crippen molar-refractivity contribution in [3.8, 4) is 37.0 Å². The molecule has 0 saturated carbocycles. The molecular formula is C36H48O9. The summed E-state index contributed by atoms with van der Waals surface area (Å²) < 4.78 is 56.8. The second-order valence-corrected chi connectivity index (χ2v) is 14.4. The molecule has 0 unspecified atom stereocenters. The summed E-state index contributed by atoms with van der Waals surface area (Å²) in [5.41, 5.74) is 1.28. The van der Waals surface area contributed by atoms with Crippen molar-refractivity contribution in [2.24, 2.45) is 16.2 Å². The minimum absolute atomic E-state index is 0.0425. The van der Waals surface area contributed by atoms with E-state index < -0.39 is 17.4 Å². The molecule has 3 fully saturated rings. The minimum Gasteiger partial charge on any atom is -0.363 e. The van der Waals surface area contributed by atoms with Crippen LogP contribution in [0.4, 0.5) is 0 Å². The van der Waals surface area contributed by atoms with Gasteiger partial charge in [0, 0.05) is 32.9 Å². The second-order valence-electron chi connectivity index (χ2n) is 14.4. The second kappa shape index (κ2) is 14.1. The Morgan fingerprint density at radius 1 is 0.489 bits per heavy atom. The van der Waals surface area contributed by atoms with Crippen LogP contribution in [-0.2, 0) is 60.0 Å². The third-order valence-corrected chi connectivity index (χ3v) is 7.86.